The number of piperidine rings is 1. The van der Waals surface area contributed by atoms with Crippen LogP contribution >= 0.6 is 12.4 Å². The van der Waals surface area contributed by atoms with E-state index in [-0.39, 0.29) is 36.4 Å². The van der Waals surface area contributed by atoms with E-state index in [0.29, 0.717) is 12.5 Å². The number of benzene rings is 1. The Kier molecular flexibility index (Phi) is 6.90. The molecular formula is C18H29ClN2O2. The second kappa shape index (κ2) is 8.02. The summed E-state index contributed by atoms with van der Waals surface area (Å²) in [4.78, 5) is 14.2. The van der Waals surface area contributed by atoms with Crippen molar-refractivity contribution in [2.45, 2.75) is 46.1 Å². The monoisotopic (exact) mass is 340 g/mol. The fourth-order valence-corrected chi connectivity index (χ4v) is 2.79. The fraction of sp³-hybridized carbons (Fsp3) is 0.611. The Bertz CT molecular complexity index is 532. The number of carbonyl (C=O) groups is 1. The largest absolute Gasteiger partial charge is 0.484 e. The first-order valence-electron chi connectivity index (χ1n) is 8.06. The van der Waals surface area contributed by atoms with Crippen LogP contribution in [0.25, 0.3) is 0 Å². The van der Waals surface area contributed by atoms with Crippen molar-refractivity contribution in [2.75, 3.05) is 19.7 Å². The predicted molar refractivity (Wildman–Crippen MR) is 96.2 cm³/mol. The summed E-state index contributed by atoms with van der Waals surface area (Å²) in [6, 6.07) is 8.11. The van der Waals surface area contributed by atoms with Gasteiger partial charge in [-0.05, 0) is 35.4 Å². The van der Waals surface area contributed by atoms with E-state index < -0.39 is 0 Å². The van der Waals surface area contributed by atoms with Crippen molar-refractivity contribution < 1.29 is 9.53 Å². The molecule has 1 heterocycles. The van der Waals surface area contributed by atoms with Crippen LogP contribution in [0, 0.1) is 5.41 Å². The third kappa shape index (κ3) is 5.11. The molecule has 0 bridgehead atoms. The quantitative estimate of drug-likeness (QED) is 0.915. The lowest BCUT2D eigenvalue weighted by Gasteiger charge is -2.42. The van der Waals surface area contributed by atoms with E-state index in [0.717, 1.165) is 18.7 Å². The number of likely N-dealkylation sites (tertiary alicyclic amines) is 1. The maximum atomic E-state index is 12.3. The lowest BCUT2D eigenvalue weighted by molar-refractivity contribution is -0.136. The highest BCUT2D eigenvalue weighted by Gasteiger charge is 2.35. The minimum atomic E-state index is -0.0362. The van der Waals surface area contributed by atoms with E-state index in [1.54, 1.807) is 0 Å². The second-order valence-corrected chi connectivity index (χ2v) is 7.21. The van der Waals surface area contributed by atoms with Crippen molar-refractivity contribution in [3.8, 4) is 5.75 Å². The highest BCUT2D eigenvalue weighted by atomic mass is 35.5. The van der Waals surface area contributed by atoms with E-state index >= 15 is 0 Å². The van der Waals surface area contributed by atoms with Gasteiger partial charge in [-0.15, -0.1) is 12.4 Å². The minimum Gasteiger partial charge on any atom is -0.484 e. The Balaban J connectivity index is 0.00000264. The molecule has 1 amide bonds. The van der Waals surface area contributed by atoms with Gasteiger partial charge in [0, 0.05) is 19.1 Å². The standard InChI is InChI=1S/C18H28N2O2.ClH/c1-13(2)14-6-5-7-15(10-14)22-11-17(21)20-9-8-16(19)18(3,4)12-20;/h5-7,10,13,16H,8-9,11-12,19H2,1-4H3;1H. The molecule has 5 heteroatoms. The molecule has 1 aliphatic heterocycles. The number of rotatable bonds is 4. The summed E-state index contributed by atoms with van der Waals surface area (Å²) >= 11 is 0. The zero-order valence-corrected chi connectivity index (χ0v) is 15.4. The van der Waals surface area contributed by atoms with Crippen LogP contribution in [0.2, 0.25) is 0 Å². The van der Waals surface area contributed by atoms with E-state index in [1.165, 1.54) is 5.56 Å². The molecule has 1 aromatic rings. The summed E-state index contributed by atoms with van der Waals surface area (Å²) < 4.78 is 5.68. The maximum absolute atomic E-state index is 12.3. The number of amides is 1. The Morgan fingerprint density at radius 2 is 2.13 bits per heavy atom. The summed E-state index contributed by atoms with van der Waals surface area (Å²) in [7, 11) is 0. The fourth-order valence-electron chi connectivity index (χ4n) is 2.79. The van der Waals surface area contributed by atoms with Crippen LogP contribution in [0.1, 0.15) is 45.6 Å². The molecule has 1 fully saturated rings. The third-order valence-corrected chi connectivity index (χ3v) is 4.55. The van der Waals surface area contributed by atoms with Crippen molar-refractivity contribution in [3.05, 3.63) is 29.8 Å². The zero-order valence-electron chi connectivity index (χ0n) is 14.5. The highest BCUT2D eigenvalue weighted by Crippen LogP contribution is 2.27. The van der Waals surface area contributed by atoms with Crippen LogP contribution in [0.5, 0.6) is 5.75 Å². The average Bonchev–Trinajstić information content (AvgIpc) is 2.47. The molecule has 23 heavy (non-hydrogen) atoms. The minimum absolute atomic E-state index is 0. The average molecular weight is 341 g/mol. The van der Waals surface area contributed by atoms with Crippen LogP contribution < -0.4 is 10.5 Å². The number of ether oxygens (including phenoxy) is 1. The van der Waals surface area contributed by atoms with Gasteiger partial charge in [-0.1, -0.05) is 39.8 Å². The van der Waals surface area contributed by atoms with Crippen LogP contribution in [-0.2, 0) is 4.79 Å². The maximum Gasteiger partial charge on any atom is 0.260 e. The van der Waals surface area contributed by atoms with Gasteiger partial charge in [0.05, 0.1) is 0 Å². The number of carbonyl (C=O) groups excluding carboxylic acids is 1. The summed E-state index contributed by atoms with van der Waals surface area (Å²) in [6.45, 7) is 10.0. The van der Waals surface area contributed by atoms with E-state index in [9.17, 15) is 4.79 Å². The highest BCUT2D eigenvalue weighted by molar-refractivity contribution is 5.85. The first-order chi connectivity index (χ1) is 10.3. The number of nitrogens with two attached hydrogens (primary N) is 1. The molecule has 1 aliphatic rings. The lowest BCUT2D eigenvalue weighted by Crippen LogP contribution is -2.54. The van der Waals surface area contributed by atoms with Crippen molar-refractivity contribution in [3.63, 3.8) is 0 Å². The van der Waals surface area contributed by atoms with Crippen molar-refractivity contribution >= 4 is 18.3 Å². The Morgan fingerprint density at radius 1 is 1.43 bits per heavy atom. The molecule has 0 saturated carbocycles. The normalized spacial score (nSPS) is 20.1. The van der Waals surface area contributed by atoms with Crippen LogP contribution in [0.3, 0.4) is 0 Å². The lowest BCUT2D eigenvalue weighted by atomic mass is 9.80. The van der Waals surface area contributed by atoms with Gasteiger partial charge in [-0.25, -0.2) is 0 Å². The Hall–Kier alpha value is -1.26. The predicted octanol–water partition coefficient (Wildman–Crippen LogP) is 3.20. The van der Waals surface area contributed by atoms with Gasteiger partial charge in [-0.3, -0.25) is 4.79 Å². The summed E-state index contributed by atoms with van der Waals surface area (Å²) in [5, 5.41) is 0. The molecule has 0 spiro atoms. The van der Waals surface area contributed by atoms with E-state index in [4.69, 9.17) is 10.5 Å². The summed E-state index contributed by atoms with van der Waals surface area (Å²) in [5.41, 5.74) is 7.30. The molecule has 4 nitrogen and oxygen atoms in total. The summed E-state index contributed by atoms with van der Waals surface area (Å²) in [6.07, 6.45) is 0.849. The van der Waals surface area contributed by atoms with Crippen molar-refractivity contribution in [1.82, 2.24) is 4.90 Å². The molecule has 130 valence electrons. The van der Waals surface area contributed by atoms with Gasteiger partial charge in [0.15, 0.2) is 6.61 Å². The molecule has 1 saturated heterocycles. The first kappa shape index (κ1) is 19.8. The molecule has 1 aromatic carbocycles. The van der Waals surface area contributed by atoms with Gasteiger partial charge in [0.2, 0.25) is 0 Å². The van der Waals surface area contributed by atoms with Gasteiger partial charge in [0.25, 0.3) is 5.91 Å². The van der Waals surface area contributed by atoms with Crippen molar-refractivity contribution in [1.29, 1.82) is 0 Å². The van der Waals surface area contributed by atoms with Crippen LogP contribution in [-0.4, -0.2) is 36.5 Å². The first-order valence-corrected chi connectivity index (χ1v) is 8.06. The van der Waals surface area contributed by atoms with Gasteiger partial charge in [-0.2, -0.15) is 0 Å². The number of halogens is 1. The molecule has 0 aromatic heterocycles. The topological polar surface area (TPSA) is 55.6 Å². The Morgan fingerprint density at radius 3 is 2.74 bits per heavy atom. The van der Waals surface area contributed by atoms with Crippen molar-refractivity contribution in [2.24, 2.45) is 11.1 Å². The summed E-state index contributed by atoms with van der Waals surface area (Å²) in [5.74, 6) is 1.24. The van der Waals surface area contributed by atoms with Gasteiger partial charge in [0.1, 0.15) is 5.75 Å². The zero-order chi connectivity index (χ0) is 16.3. The van der Waals surface area contributed by atoms with Crippen LogP contribution in [0.4, 0.5) is 0 Å². The van der Waals surface area contributed by atoms with Gasteiger partial charge < -0.3 is 15.4 Å². The number of hydrogen-bond donors (Lipinski definition) is 1. The second-order valence-electron chi connectivity index (χ2n) is 7.21. The molecule has 0 radical (unpaired) electrons. The number of hydrogen-bond acceptors (Lipinski definition) is 3. The smallest absolute Gasteiger partial charge is 0.260 e. The molecule has 1 unspecified atom stereocenters. The molecule has 2 rings (SSSR count). The third-order valence-electron chi connectivity index (χ3n) is 4.55. The molecule has 2 N–H and O–H groups in total. The SMILES string of the molecule is CC(C)c1cccc(OCC(=O)N2CCC(N)C(C)(C)C2)c1.Cl. The molecular weight excluding hydrogens is 312 g/mol. The van der Waals surface area contributed by atoms with Gasteiger partial charge >= 0.3 is 0 Å². The molecule has 1 atom stereocenters. The van der Waals surface area contributed by atoms with Crippen LogP contribution in [0.15, 0.2) is 24.3 Å². The molecule has 0 aliphatic carbocycles. The Labute approximate surface area is 145 Å². The van der Waals surface area contributed by atoms with E-state index in [1.807, 2.05) is 23.1 Å². The van der Waals surface area contributed by atoms with E-state index in [2.05, 4.69) is 33.8 Å². The number of nitrogens with zero attached hydrogens (tertiary/aromatic N) is 1.